The number of urea groups is 1. The van der Waals surface area contributed by atoms with Crippen molar-refractivity contribution in [3.63, 3.8) is 0 Å². The maximum atomic E-state index is 12.7. The van der Waals surface area contributed by atoms with Crippen LogP contribution in [0.15, 0.2) is 48.5 Å². The van der Waals surface area contributed by atoms with Crippen molar-refractivity contribution in [3.8, 4) is 0 Å². The summed E-state index contributed by atoms with van der Waals surface area (Å²) in [5.41, 5.74) is 3.28. The minimum absolute atomic E-state index is 0.307. The predicted molar refractivity (Wildman–Crippen MR) is 100 cm³/mol. The van der Waals surface area contributed by atoms with Crippen LogP contribution in [0.2, 0.25) is 0 Å². The van der Waals surface area contributed by atoms with E-state index in [0.717, 1.165) is 16.0 Å². The first kappa shape index (κ1) is 17.7. The molecule has 6 nitrogen and oxygen atoms in total. The molecular weight excluding hydrogens is 330 g/mol. The molecule has 0 saturated carbocycles. The zero-order valence-electron chi connectivity index (χ0n) is 15.0. The van der Waals surface area contributed by atoms with Gasteiger partial charge in [0.2, 0.25) is 5.91 Å². The number of rotatable bonds is 4. The number of carbonyl (C=O) groups excluding carboxylic acids is 3. The van der Waals surface area contributed by atoms with E-state index in [1.807, 2.05) is 44.2 Å². The fraction of sp³-hybridized carbons (Fsp3) is 0.250. The smallest absolute Gasteiger partial charge is 0.324 e. The number of hydrogen-bond acceptors (Lipinski definition) is 3. The molecule has 0 bridgehead atoms. The highest BCUT2D eigenvalue weighted by Gasteiger charge is 2.44. The Hall–Kier alpha value is -3.15. The maximum Gasteiger partial charge on any atom is 0.332 e. The molecule has 1 fully saturated rings. The van der Waals surface area contributed by atoms with Crippen molar-refractivity contribution in [2.45, 2.75) is 26.8 Å². The van der Waals surface area contributed by atoms with Crippen LogP contribution in [0.1, 0.15) is 18.1 Å². The van der Waals surface area contributed by atoms with Gasteiger partial charge in [0.1, 0.15) is 12.6 Å². The Balaban J connectivity index is 1.75. The molecule has 0 aromatic heterocycles. The SMILES string of the molecule is Cc1ccc(N2C(=O)N(CC(=O)Nc3ccccc3C)C(=O)[C@@H]2C)cc1. The van der Waals surface area contributed by atoms with Crippen LogP contribution in [0, 0.1) is 13.8 Å². The number of hydrogen-bond donors (Lipinski definition) is 1. The Morgan fingerprint density at radius 1 is 1.04 bits per heavy atom. The van der Waals surface area contributed by atoms with Crippen molar-refractivity contribution < 1.29 is 14.4 Å². The summed E-state index contributed by atoms with van der Waals surface area (Å²) in [6.45, 7) is 5.19. The number of benzene rings is 2. The molecule has 0 unspecified atom stereocenters. The molecule has 0 spiro atoms. The molecule has 1 heterocycles. The molecule has 1 aliphatic heterocycles. The van der Waals surface area contributed by atoms with Gasteiger partial charge in [-0.25, -0.2) is 4.79 Å². The zero-order valence-corrected chi connectivity index (χ0v) is 15.0. The Bertz CT molecular complexity index is 861. The fourth-order valence-corrected chi connectivity index (χ4v) is 2.96. The van der Waals surface area contributed by atoms with Gasteiger partial charge in [0.15, 0.2) is 0 Å². The topological polar surface area (TPSA) is 69.7 Å². The summed E-state index contributed by atoms with van der Waals surface area (Å²) in [6.07, 6.45) is 0. The Kier molecular flexibility index (Phi) is 4.75. The lowest BCUT2D eigenvalue weighted by molar-refractivity contribution is -0.130. The first-order valence-corrected chi connectivity index (χ1v) is 8.45. The molecule has 2 aromatic carbocycles. The van der Waals surface area contributed by atoms with Crippen molar-refractivity contribution in [1.82, 2.24) is 4.90 Å². The largest absolute Gasteiger partial charge is 0.332 e. The molecular formula is C20H21N3O3. The minimum Gasteiger partial charge on any atom is -0.324 e. The number of imide groups is 1. The Morgan fingerprint density at radius 2 is 1.69 bits per heavy atom. The van der Waals surface area contributed by atoms with E-state index in [1.165, 1.54) is 4.90 Å². The molecule has 2 aromatic rings. The van der Waals surface area contributed by atoms with E-state index in [9.17, 15) is 14.4 Å². The number of amides is 4. The first-order valence-electron chi connectivity index (χ1n) is 8.45. The highest BCUT2D eigenvalue weighted by Crippen LogP contribution is 2.26. The van der Waals surface area contributed by atoms with Crippen LogP contribution >= 0.6 is 0 Å². The molecule has 1 atom stereocenters. The molecule has 134 valence electrons. The molecule has 4 amide bonds. The molecule has 26 heavy (non-hydrogen) atoms. The second kappa shape index (κ2) is 7.00. The average molecular weight is 351 g/mol. The van der Waals surface area contributed by atoms with Crippen molar-refractivity contribution in [1.29, 1.82) is 0 Å². The predicted octanol–water partition coefficient (Wildman–Crippen LogP) is 3.10. The van der Waals surface area contributed by atoms with Crippen LogP contribution in [0.4, 0.5) is 16.2 Å². The third-order valence-electron chi connectivity index (χ3n) is 4.48. The van der Waals surface area contributed by atoms with Gasteiger partial charge in [-0.15, -0.1) is 0 Å². The van der Waals surface area contributed by atoms with Crippen LogP contribution in [0.3, 0.4) is 0 Å². The number of nitrogens with one attached hydrogen (secondary N) is 1. The summed E-state index contributed by atoms with van der Waals surface area (Å²) >= 11 is 0. The highest BCUT2D eigenvalue weighted by molar-refractivity contribution is 6.16. The summed E-state index contributed by atoms with van der Waals surface area (Å²) in [5.74, 6) is -0.783. The van der Waals surface area contributed by atoms with Gasteiger partial charge >= 0.3 is 6.03 Å². The number of anilines is 2. The Labute approximate surface area is 152 Å². The van der Waals surface area contributed by atoms with Crippen LogP contribution < -0.4 is 10.2 Å². The van der Waals surface area contributed by atoms with Crippen molar-refractivity contribution in [2.75, 3.05) is 16.8 Å². The van der Waals surface area contributed by atoms with Crippen molar-refractivity contribution >= 4 is 29.2 Å². The van der Waals surface area contributed by atoms with Crippen LogP contribution in [-0.4, -0.2) is 35.3 Å². The number of aryl methyl sites for hydroxylation is 2. The van der Waals surface area contributed by atoms with E-state index in [0.29, 0.717) is 11.4 Å². The summed E-state index contributed by atoms with van der Waals surface area (Å²) < 4.78 is 0. The third kappa shape index (κ3) is 3.31. The van der Waals surface area contributed by atoms with Crippen LogP contribution in [0.5, 0.6) is 0 Å². The molecule has 1 N–H and O–H groups in total. The van der Waals surface area contributed by atoms with Gasteiger partial charge in [-0.1, -0.05) is 35.9 Å². The standard InChI is InChI=1S/C20H21N3O3/c1-13-8-10-16(11-9-13)23-15(3)19(25)22(20(23)26)12-18(24)21-17-7-5-4-6-14(17)2/h4-11,15H,12H2,1-3H3,(H,21,24)/t15-/m0/s1. The first-order chi connectivity index (χ1) is 12.4. The van der Waals surface area contributed by atoms with Gasteiger partial charge in [-0.05, 0) is 44.5 Å². The number of nitrogens with zero attached hydrogens (tertiary/aromatic N) is 2. The van der Waals surface area contributed by atoms with Crippen LogP contribution in [0.25, 0.3) is 0 Å². The van der Waals surface area contributed by atoms with Gasteiger partial charge < -0.3 is 5.32 Å². The molecule has 0 radical (unpaired) electrons. The Morgan fingerprint density at radius 3 is 2.35 bits per heavy atom. The number of carbonyl (C=O) groups is 3. The highest BCUT2D eigenvalue weighted by atomic mass is 16.2. The minimum atomic E-state index is -0.642. The molecule has 3 rings (SSSR count). The zero-order chi connectivity index (χ0) is 18.8. The second-order valence-electron chi connectivity index (χ2n) is 6.45. The summed E-state index contributed by atoms with van der Waals surface area (Å²) in [4.78, 5) is 40.0. The van der Waals surface area contributed by atoms with E-state index in [2.05, 4.69) is 5.32 Å². The van der Waals surface area contributed by atoms with E-state index < -0.39 is 18.0 Å². The maximum absolute atomic E-state index is 12.7. The summed E-state index contributed by atoms with van der Waals surface area (Å²) in [5, 5.41) is 2.75. The number of para-hydroxylation sites is 1. The van der Waals surface area contributed by atoms with Gasteiger partial charge in [0, 0.05) is 11.4 Å². The normalized spacial score (nSPS) is 17.0. The van der Waals surface area contributed by atoms with Gasteiger partial charge in [0.25, 0.3) is 5.91 Å². The van der Waals surface area contributed by atoms with E-state index in [1.54, 1.807) is 25.1 Å². The average Bonchev–Trinajstić information content (AvgIpc) is 2.82. The van der Waals surface area contributed by atoms with Gasteiger partial charge in [-0.3, -0.25) is 19.4 Å². The second-order valence-corrected chi connectivity index (χ2v) is 6.45. The quantitative estimate of drug-likeness (QED) is 0.861. The lowest BCUT2D eigenvalue weighted by Gasteiger charge is -2.19. The summed E-state index contributed by atoms with van der Waals surface area (Å²) in [7, 11) is 0. The van der Waals surface area contributed by atoms with Gasteiger partial charge in [0.05, 0.1) is 0 Å². The molecule has 1 saturated heterocycles. The lowest BCUT2D eigenvalue weighted by atomic mass is 10.2. The van der Waals surface area contributed by atoms with Crippen LogP contribution in [-0.2, 0) is 9.59 Å². The van der Waals surface area contributed by atoms with E-state index in [4.69, 9.17) is 0 Å². The molecule has 6 heteroatoms. The lowest BCUT2D eigenvalue weighted by Crippen LogP contribution is -2.39. The van der Waals surface area contributed by atoms with Gasteiger partial charge in [-0.2, -0.15) is 0 Å². The van der Waals surface area contributed by atoms with Crippen molar-refractivity contribution in [3.05, 3.63) is 59.7 Å². The molecule has 1 aliphatic rings. The van der Waals surface area contributed by atoms with E-state index in [-0.39, 0.29) is 12.5 Å². The molecule has 0 aliphatic carbocycles. The summed E-state index contributed by atoms with van der Waals surface area (Å²) in [6, 6.07) is 13.6. The third-order valence-corrected chi connectivity index (χ3v) is 4.48. The van der Waals surface area contributed by atoms with Crippen molar-refractivity contribution in [2.24, 2.45) is 0 Å². The fourth-order valence-electron chi connectivity index (χ4n) is 2.96. The monoisotopic (exact) mass is 351 g/mol. The van der Waals surface area contributed by atoms with E-state index >= 15 is 0 Å².